The van der Waals surface area contributed by atoms with Crippen LogP contribution in [0.5, 0.6) is 5.88 Å². The molecule has 1 N–H and O–H groups in total. The lowest BCUT2D eigenvalue weighted by molar-refractivity contribution is -0.0553. The Labute approximate surface area is 136 Å². The van der Waals surface area contributed by atoms with Crippen molar-refractivity contribution in [2.45, 2.75) is 13.2 Å². The van der Waals surface area contributed by atoms with Crippen molar-refractivity contribution in [3.8, 4) is 5.88 Å². The molecule has 24 heavy (non-hydrogen) atoms. The molecule has 3 aromatic rings. The number of nitrogens with zero attached hydrogens (tertiary/aromatic N) is 2. The number of alkyl halides is 2. The molecule has 124 valence electrons. The Hall–Kier alpha value is -2.96. The first-order valence-corrected chi connectivity index (χ1v) is 7.28. The zero-order valence-electron chi connectivity index (χ0n) is 12.9. The fourth-order valence-electron chi connectivity index (χ4n) is 2.48. The fraction of sp³-hybridized carbons (Fsp3) is 0.176. The predicted octanol–water partition coefficient (Wildman–Crippen LogP) is 3.10. The summed E-state index contributed by atoms with van der Waals surface area (Å²) in [5, 5.41) is 8.75. The summed E-state index contributed by atoms with van der Waals surface area (Å²) in [5.41, 5.74) is 0.981. The van der Waals surface area contributed by atoms with E-state index in [1.165, 1.54) is 13.1 Å². The van der Waals surface area contributed by atoms with Crippen LogP contribution in [0.15, 0.2) is 48.5 Å². The van der Waals surface area contributed by atoms with Crippen LogP contribution in [0, 0.1) is 0 Å². The van der Waals surface area contributed by atoms with E-state index in [1.54, 1.807) is 0 Å². The van der Waals surface area contributed by atoms with Crippen molar-refractivity contribution in [2.24, 2.45) is 7.05 Å². The maximum atomic E-state index is 12.3. The second-order valence-electron chi connectivity index (χ2n) is 5.19. The average molecular weight is 331 g/mol. The number of hydrogen-bond acceptors (Lipinski definition) is 3. The number of aryl methyl sites for hydroxylation is 1. The predicted molar refractivity (Wildman–Crippen MR) is 85.0 cm³/mol. The summed E-state index contributed by atoms with van der Waals surface area (Å²) in [5.74, 6) is -0.622. The van der Waals surface area contributed by atoms with Gasteiger partial charge in [0.15, 0.2) is 5.69 Å². The number of aromatic nitrogens is 2. The van der Waals surface area contributed by atoms with E-state index in [4.69, 9.17) is 0 Å². The molecule has 1 heterocycles. The van der Waals surface area contributed by atoms with Gasteiger partial charge >= 0.3 is 6.61 Å². The molecule has 0 atom stereocenters. The van der Waals surface area contributed by atoms with Crippen molar-refractivity contribution in [1.29, 1.82) is 0 Å². The number of hydrogen-bond donors (Lipinski definition) is 1. The third-order valence-electron chi connectivity index (χ3n) is 3.60. The van der Waals surface area contributed by atoms with Gasteiger partial charge in [-0.2, -0.15) is 13.9 Å². The van der Waals surface area contributed by atoms with E-state index in [0.717, 1.165) is 21.0 Å². The lowest BCUT2D eigenvalue weighted by Gasteiger charge is -2.07. The Balaban J connectivity index is 1.73. The molecule has 0 saturated carbocycles. The van der Waals surface area contributed by atoms with Crippen LogP contribution < -0.4 is 10.1 Å². The molecule has 0 aliphatic heterocycles. The highest BCUT2D eigenvalue weighted by Crippen LogP contribution is 2.19. The lowest BCUT2D eigenvalue weighted by atomic mass is 10.0. The van der Waals surface area contributed by atoms with Gasteiger partial charge in [0.1, 0.15) is 0 Å². The van der Waals surface area contributed by atoms with Crippen LogP contribution in [0.1, 0.15) is 16.1 Å². The van der Waals surface area contributed by atoms with Gasteiger partial charge < -0.3 is 10.1 Å². The first-order chi connectivity index (χ1) is 11.5. The van der Waals surface area contributed by atoms with Crippen molar-refractivity contribution in [3.05, 3.63) is 59.8 Å². The molecular formula is C17H15F2N3O2. The van der Waals surface area contributed by atoms with Crippen LogP contribution >= 0.6 is 0 Å². The summed E-state index contributed by atoms with van der Waals surface area (Å²) in [7, 11) is 1.43. The monoisotopic (exact) mass is 331 g/mol. The summed E-state index contributed by atoms with van der Waals surface area (Å²) in [6.45, 7) is -2.66. The number of carbonyl (C=O) groups excluding carboxylic acids is 1. The van der Waals surface area contributed by atoms with Crippen molar-refractivity contribution >= 4 is 16.7 Å². The van der Waals surface area contributed by atoms with Gasteiger partial charge in [-0.15, -0.1) is 0 Å². The average Bonchev–Trinajstić information content (AvgIpc) is 2.93. The van der Waals surface area contributed by atoms with Gasteiger partial charge in [-0.3, -0.25) is 4.79 Å². The van der Waals surface area contributed by atoms with E-state index in [2.05, 4.69) is 15.2 Å². The van der Waals surface area contributed by atoms with E-state index in [9.17, 15) is 13.6 Å². The number of fused-ring (bicyclic) bond motifs is 1. The number of rotatable bonds is 5. The van der Waals surface area contributed by atoms with Crippen molar-refractivity contribution < 1.29 is 18.3 Å². The summed E-state index contributed by atoms with van der Waals surface area (Å²) < 4.78 is 29.9. The lowest BCUT2D eigenvalue weighted by Crippen LogP contribution is -2.23. The first kappa shape index (κ1) is 15.9. The molecule has 0 aliphatic carbocycles. The Bertz CT molecular complexity index is 872. The highest BCUT2D eigenvalue weighted by Gasteiger charge is 2.16. The molecule has 0 saturated heterocycles. The molecule has 0 radical (unpaired) electrons. The highest BCUT2D eigenvalue weighted by molar-refractivity contribution is 5.93. The molecule has 0 unspecified atom stereocenters. The SMILES string of the molecule is Cn1nc(C(=O)NCc2cccc3ccccc23)cc1OC(F)F. The molecule has 1 aromatic heterocycles. The molecule has 0 aliphatic rings. The number of amides is 1. The maximum absolute atomic E-state index is 12.3. The molecule has 0 fully saturated rings. The highest BCUT2D eigenvalue weighted by atomic mass is 19.3. The second-order valence-corrected chi connectivity index (χ2v) is 5.19. The van der Waals surface area contributed by atoms with Crippen molar-refractivity contribution in [1.82, 2.24) is 15.1 Å². The third kappa shape index (κ3) is 3.34. The number of carbonyl (C=O) groups is 1. The normalized spacial score (nSPS) is 11.0. The Kier molecular flexibility index (Phi) is 4.41. The minimum absolute atomic E-state index is 0.0217. The molecule has 0 bridgehead atoms. The quantitative estimate of drug-likeness (QED) is 0.781. The number of ether oxygens (including phenoxy) is 1. The van der Waals surface area contributed by atoms with Gasteiger partial charge in [-0.05, 0) is 16.3 Å². The molecule has 5 nitrogen and oxygen atoms in total. The van der Waals surface area contributed by atoms with E-state index in [0.29, 0.717) is 6.54 Å². The number of halogens is 2. The number of nitrogens with one attached hydrogen (secondary N) is 1. The zero-order valence-corrected chi connectivity index (χ0v) is 12.9. The smallest absolute Gasteiger partial charge is 0.388 e. The Morgan fingerprint density at radius 2 is 2.00 bits per heavy atom. The van der Waals surface area contributed by atoms with Gasteiger partial charge in [0.05, 0.1) is 0 Å². The summed E-state index contributed by atoms with van der Waals surface area (Å²) in [6.07, 6.45) is 0. The third-order valence-corrected chi connectivity index (χ3v) is 3.60. The minimum Gasteiger partial charge on any atom is -0.417 e. The summed E-state index contributed by atoms with van der Waals surface area (Å²) in [6, 6.07) is 14.9. The summed E-state index contributed by atoms with van der Waals surface area (Å²) in [4.78, 5) is 12.2. The number of benzene rings is 2. The van der Waals surface area contributed by atoms with E-state index in [1.807, 2.05) is 42.5 Å². The minimum atomic E-state index is -2.97. The van der Waals surface area contributed by atoms with Crippen LogP contribution in [0.2, 0.25) is 0 Å². The molecule has 7 heteroatoms. The van der Waals surface area contributed by atoms with E-state index < -0.39 is 12.5 Å². The van der Waals surface area contributed by atoms with Gasteiger partial charge in [0.2, 0.25) is 5.88 Å². The van der Waals surface area contributed by atoms with Gasteiger partial charge in [0.25, 0.3) is 5.91 Å². The van der Waals surface area contributed by atoms with Gasteiger partial charge in [0, 0.05) is 19.7 Å². The molecule has 2 aromatic carbocycles. The topological polar surface area (TPSA) is 56.2 Å². The Morgan fingerprint density at radius 1 is 1.25 bits per heavy atom. The van der Waals surface area contributed by atoms with Gasteiger partial charge in [-0.25, -0.2) is 4.68 Å². The first-order valence-electron chi connectivity index (χ1n) is 7.28. The van der Waals surface area contributed by atoms with Crippen LogP contribution in [0.4, 0.5) is 8.78 Å². The van der Waals surface area contributed by atoms with Crippen molar-refractivity contribution in [2.75, 3.05) is 0 Å². The van der Waals surface area contributed by atoms with Crippen LogP contribution in [0.25, 0.3) is 10.8 Å². The van der Waals surface area contributed by atoms with Crippen LogP contribution in [-0.4, -0.2) is 22.3 Å². The van der Waals surface area contributed by atoms with Crippen LogP contribution in [-0.2, 0) is 13.6 Å². The molecule has 0 spiro atoms. The zero-order chi connectivity index (χ0) is 17.1. The molecular weight excluding hydrogens is 316 g/mol. The standard InChI is InChI=1S/C17H15F2N3O2/c1-22-15(24-17(18)19)9-14(21-22)16(23)20-10-12-7-4-6-11-5-2-3-8-13(11)12/h2-9,17H,10H2,1H3,(H,20,23). The van der Waals surface area contributed by atoms with Crippen molar-refractivity contribution in [3.63, 3.8) is 0 Å². The largest absolute Gasteiger partial charge is 0.417 e. The molecule has 3 rings (SSSR count). The summed E-state index contributed by atoms with van der Waals surface area (Å²) >= 11 is 0. The van der Waals surface area contributed by atoms with E-state index >= 15 is 0 Å². The van der Waals surface area contributed by atoms with Crippen LogP contribution in [0.3, 0.4) is 0 Å². The Morgan fingerprint density at radius 3 is 2.79 bits per heavy atom. The second kappa shape index (κ2) is 6.66. The maximum Gasteiger partial charge on any atom is 0.388 e. The van der Waals surface area contributed by atoms with Gasteiger partial charge in [-0.1, -0.05) is 42.5 Å². The molecule has 1 amide bonds. The van der Waals surface area contributed by atoms with E-state index in [-0.39, 0.29) is 11.6 Å². The fourth-order valence-corrected chi connectivity index (χ4v) is 2.48.